The van der Waals surface area contributed by atoms with E-state index in [1.807, 2.05) is 31.2 Å². The predicted molar refractivity (Wildman–Crippen MR) is 114 cm³/mol. The number of hydrogen-bond donors (Lipinski definition) is 1. The second-order valence-corrected chi connectivity index (χ2v) is 7.91. The molecular formula is C23H22N6O. The maximum Gasteiger partial charge on any atom is 0.185 e. The van der Waals surface area contributed by atoms with Crippen LogP contribution in [0.4, 0.5) is 5.82 Å². The van der Waals surface area contributed by atoms with Crippen molar-refractivity contribution in [3.05, 3.63) is 76.9 Å². The highest BCUT2D eigenvalue weighted by molar-refractivity contribution is 5.94. The van der Waals surface area contributed by atoms with Gasteiger partial charge in [-0.25, -0.2) is 9.67 Å². The number of nitrogens with two attached hydrogens (primary N) is 1. The number of rotatable bonds is 5. The first-order valence-corrected chi connectivity index (χ1v) is 10.1. The Labute approximate surface area is 174 Å². The molecule has 0 spiro atoms. The lowest BCUT2D eigenvalue weighted by Gasteiger charge is -2.09. The Bertz CT molecular complexity index is 1260. The number of anilines is 1. The smallest absolute Gasteiger partial charge is 0.185 e. The van der Waals surface area contributed by atoms with E-state index in [0.29, 0.717) is 24.5 Å². The van der Waals surface area contributed by atoms with Crippen molar-refractivity contribution in [1.29, 1.82) is 0 Å². The molecule has 5 rings (SSSR count). The molecule has 7 nitrogen and oxygen atoms in total. The van der Waals surface area contributed by atoms with Crippen LogP contribution in [0.5, 0.6) is 0 Å². The molecule has 7 heteroatoms. The molecule has 1 atom stereocenters. The molecule has 3 aromatic heterocycles. The van der Waals surface area contributed by atoms with Gasteiger partial charge in [0, 0.05) is 23.7 Å². The number of benzene rings is 1. The largest absolute Gasteiger partial charge is 0.383 e. The van der Waals surface area contributed by atoms with Crippen molar-refractivity contribution in [2.45, 2.75) is 38.6 Å². The average Bonchev–Trinajstić information content (AvgIpc) is 3.36. The SMILES string of the molecule is Cc1ccc2cc(Cn3cc(C(=O)C[C@@H]4CCc5c4ccnc5N)nn3)ccc2n1. The third-order valence-electron chi connectivity index (χ3n) is 5.80. The molecule has 1 aliphatic carbocycles. The van der Waals surface area contributed by atoms with Gasteiger partial charge in [0.2, 0.25) is 0 Å². The maximum absolute atomic E-state index is 12.8. The second kappa shape index (κ2) is 7.33. The average molecular weight is 398 g/mol. The molecule has 0 radical (unpaired) electrons. The summed E-state index contributed by atoms with van der Waals surface area (Å²) in [6.45, 7) is 2.54. The molecule has 2 N–H and O–H groups in total. The number of pyridine rings is 2. The molecule has 3 heterocycles. The van der Waals surface area contributed by atoms with Crippen molar-refractivity contribution < 1.29 is 4.79 Å². The molecular weight excluding hydrogens is 376 g/mol. The molecule has 4 aromatic rings. The standard InChI is InChI=1S/C23H22N6O/c1-14-2-4-17-10-15(3-7-20(17)26-14)12-29-13-21(27-28-29)22(30)11-16-5-6-19-18(16)8-9-25-23(19)24/h2-4,7-10,13,16H,5-6,11-12H2,1H3,(H2,24,25)/t16-/m0/s1. The maximum atomic E-state index is 12.8. The molecule has 0 saturated heterocycles. The Balaban J connectivity index is 1.29. The Kier molecular flexibility index (Phi) is 4.50. The van der Waals surface area contributed by atoms with Crippen molar-refractivity contribution in [2.75, 3.05) is 5.73 Å². The summed E-state index contributed by atoms with van der Waals surface area (Å²) in [6.07, 6.45) is 5.65. The first-order valence-electron chi connectivity index (χ1n) is 10.1. The minimum Gasteiger partial charge on any atom is -0.383 e. The Morgan fingerprint density at radius 1 is 1.23 bits per heavy atom. The highest BCUT2D eigenvalue weighted by Crippen LogP contribution is 2.37. The van der Waals surface area contributed by atoms with E-state index in [9.17, 15) is 4.79 Å². The lowest BCUT2D eigenvalue weighted by atomic mass is 9.95. The first kappa shape index (κ1) is 18.4. The molecule has 30 heavy (non-hydrogen) atoms. The van der Waals surface area contributed by atoms with Crippen molar-refractivity contribution in [3.63, 3.8) is 0 Å². The Hall–Kier alpha value is -3.61. The summed E-state index contributed by atoms with van der Waals surface area (Å²) in [5, 5.41) is 9.36. The lowest BCUT2D eigenvalue weighted by Crippen LogP contribution is -2.06. The zero-order valence-corrected chi connectivity index (χ0v) is 16.7. The van der Waals surface area contributed by atoms with Gasteiger partial charge >= 0.3 is 0 Å². The number of nitrogens with zero attached hydrogens (tertiary/aromatic N) is 5. The predicted octanol–water partition coefficient (Wildman–Crippen LogP) is 3.46. The van der Waals surface area contributed by atoms with E-state index in [-0.39, 0.29) is 11.7 Å². The van der Waals surface area contributed by atoms with Crippen LogP contribution in [0.1, 0.15) is 51.6 Å². The summed E-state index contributed by atoms with van der Waals surface area (Å²) in [5.74, 6) is 0.751. The van der Waals surface area contributed by atoms with Gasteiger partial charge in [-0.1, -0.05) is 17.3 Å². The van der Waals surface area contributed by atoms with E-state index in [4.69, 9.17) is 5.73 Å². The quantitative estimate of drug-likeness (QED) is 0.517. The van der Waals surface area contributed by atoms with Crippen LogP contribution in [0.3, 0.4) is 0 Å². The molecule has 0 unspecified atom stereocenters. The molecule has 0 bridgehead atoms. The molecule has 150 valence electrons. The van der Waals surface area contributed by atoms with Crippen LogP contribution < -0.4 is 5.73 Å². The van der Waals surface area contributed by atoms with Gasteiger partial charge in [-0.2, -0.15) is 0 Å². The van der Waals surface area contributed by atoms with Crippen LogP contribution in [0.25, 0.3) is 10.9 Å². The van der Waals surface area contributed by atoms with E-state index in [2.05, 4.69) is 32.4 Å². The minimum absolute atomic E-state index is 0.00710. The first-order chi connectivity index (χ1) is 14.6. The topological polar surface area (TPSA) is 99.6 Å². The van der Waals surface area contributed by atoms with Crippen molar-refractivity contribution in [1.82, 2.24) is 25.0 Å². The molecule has 0 fully saturated rings. The number of nitrogen functional groups attached to an aromatic ring is 1. The van der Waals surface area contributed by atoms with Gasteiger partial charge in [0.15, 0.2) is 5.78 Å². The van der Waals surface area contributed by atoms with Crippen molar-refractivity contribution in [2.24, 2.45) is 0 Å². The highest BCUT2D eigenvalue weighted by atomic mass is 16.1. The van der Waals surface area contributed by atoms with E-state index >= 15 is 0 Å². The molecule has 0 saturated carbocycles. The summed E-state index contributed by atoms with van der Waals surface area (Å²) in [4.78, 5) is 21.5. The normalized spacial score (nSPS) is 15.4. The number of ketones is 1. The number of aryl methyl sites for hydroxylation is 1. The Morgan fingerprint density at radius 2 is 2.13 bits per heavy atom. The van der Waals surface area contributed by atoms with Gasteiger partial charge in [-0.3, -0.25) is 9.78 Å². The van der Waals surface area contributed by atoms with Gasteiger partial charge in [0.05, 0.1) is 18.3 Å². The van der Waals surface area contributed by atoms with Gasteiger partial charge < -0.3 is 5.73 Å². The minimum atomic E-state index is 0.00710. The number of aromatic nitrogens is 5. The van der Waals surface area contributed by atoms with Crippen molar-refractivity contribution >= 4 is 22.5 Å². The van der Waals surface area contributed by atoms with E-state index in [1.165, 1.54) is 0 Å². The fraction of sp³-hybridized carbons (Fsp3) is 0.261. The molecule has 1 aromatic carbocycles. The summed E-state index contributed by atoms with van der Waals surface area (Å²) >= 11 is 0. The number of hydrogen-bond acceptors (Lipinski definition) is 6. The summed E-state index contributed by atoms with van der Waals surface area (Å²) in [5.41, 5.74) is 11.7. The number of carbonyl (C=O) groups is 1. The van der Waals surface area contributed by atoms with Gasteiger partial charge in [-0.15, -0.1) is 5.10 Å². The summed E-state index contributed by atoms with van der Waals surface area (Å²) in [6, 6.07) is 12.2. The van der Waals surface area contributed by atoms with Gasteiger partial charge in [-0.05, 0) is 66.6 Å². The molecule has 0 aliphatic heterocycles. The molecule has 1 aliphatic rings. The van der Waals surface area contributed by atoms with Crippen LogP contribution in [0.15, 0.2) is 48.8 Å². The van der Waals surface area contributed by atoms with Crippen LogP contribution in [-0.2, 0) is 13.0 Å². The zero-order valence-electron chi connectivity index (χ0n) is 16.7. The zero-order chi connectivity index (χ0) is 20.7. The van der Waals surface area contributed by atoms with Crippen LogP contribution in [0.2, 0.25) is 0 Å². The third-order valence-corrected chi connectivity index (χ3v) is 5.80. The number of carbonyl (C=O) groups excluding carboxylic acids is 1. The van der Waals surface area contributed by atoms with Gasteiger partial charge in [0.1, 0.15) is 11.5 Å². The van der Waals surface area contributed by atoms with E-state index < -0.39 is 0 Å². The lowest BCUT2D eigenvalue weighted by molar-refractivity contribution is 0.0968. The summed E-state index contributed by atoms with van der Waals surface area (Å²) < 4.78 is 1.71. The fourth-order valence-electron chi connectivity index (χ4n) is 4.26. The van der Waals surface area contributed by atoms with E-state index in [1.54, 1.807) is 17.1 Å². The monoisotopic (exact) mass is 398 g/mol. The highest BCUT2D eigenvalue weighted by Gasteiger charge is 2.27. The van der Waals surface area contributed by atoms with Gasteiger partial charge in [0.25, 0.3) is 0 Å². The third kappa shape index (κ3) is 3.43. The number of fused-ring (bicyclic) bond motifs is 2. The van der Waals surface area contributed by atoms with Crippen molar-refractivity contribution in [3.8, 4) is 0 Å². The van der Waals surface area contributed by atoms with Crippen LogP contribution >= 0.6 is 0 Å². The number of Topliss-reactive ketones (excluding diaryl/α,β-unsaturated/α-hetero) is 1. The van der Waals surface area contributed by atoms with Crippen LogP contribution in [-0.4, -0.2) is 30.7 Å². The molecule has 0 amide bonds. The van der Waals surface area contributed by atoms with Crippen LogP contribution in [0, 0.1) is 6.92 Å². The second-order valence-electron chi connectivity index (χ2n) is 7.91. The van der Waals surface area contributed by atoms with E-state index in [0.717, 1.165) is 46.1 Å². The fourth-order valence-corrected chi connectivity index (χ4v) is 4.26. The summed E-state index contributed by atoms with van der Waals surface area (Å²) in [7, 11) is 0. The Morgan fingerprint density at radius 3 is 3.03 bits per heavy atom.